The second-order valence-electron chi connectivity index (χ2n) is 1.77. The molecule has 1 aromatic carbocycles. The van der Waals surface area contributed by atoms with Gasteiger partial charge in [0.05, 0.1) is 11.1 Å². The SMILES string of the molecule is F.N#Cc1ccccc1C#N. The highest BCUT2D eigenvalue weighted by molar-refractivity contribution is 5.44. The number of nitriles is 2. The van der Waals surface area contributed by atoms with E-state index in [2.05, 4.69) is 0 Å². The molecule has 2 nitrogen and oxygen atoms in total. The van der Waals surface area contributed by atoms with Crippen LogP contribution < -0.4 is 0 Å². The molecule has 1 aromatic rings. The third-order valence-corrected chi connectivity index (χ3v) is 1.17. The predicted molar refractivity (Wildman–Crippen MR) is 38.4 cm³/mol. The van der Waals surface area contributed by atoms with Crippen LogP contribution in [-0.2, 0) is 0 Å². The van der Waals surface area contributed by atoms with Crippen LogP contribution >= 0.6 is 0 Å². The summed E-state index contributed by atoms with van der Waals surface area (Å²) in [6, 6.07) is 10.6. The number of hydrogen-bond donors (Lipinski definition) is 0. The van der Waals surface area contributed by atoms with Crippen molar-refractivity contribution in [1.29, 1.82) is 10.5 Å². The van der Waals surface area contributed by atoms with Gasteiger partial charge in [-0.1, -0.05) is 12.1 Å². The Morgan fingerprint density at radius 3 is 1.55 bits per heavy atom. The van der Waals surface area contributed by atoms with Crippen LogP contribution in [0.4, 0.5) is 4.70 Å². The first-order valence-electron chi connectivity index (χ1n) is 2.77. The second kappa shape index (κ2) is 4.03. The van der Waals surface area contributed by atoms with Crippen molar-refractivity contribution >= 4 is 0 Å². The lowest BCUT2D eigenvalue weighted by Crippen LogP contribution is -1.79. The van der Waals surface area contributed by atoms with Crippen LogP contribution in [0.3, 0.4) is 0 Å². The van der Waals surface area contributed by atoms with Crippen molar-refractivity contribution in [3.05, 3.63) is 35.4 Å². The van der Waals surface area contributed by atoms with Crippen LogP contribution in [0.1, 0.15) is 11.1 Å². The summed E-state index contributed by atoms with van der Waals surface area (Å²) in [5.74, 6) is 0. The number of hydrogen-bond acceptors (Lipinski definition) is 2. The van der Waals surface area contributed by atoms with Gasteiger partial charge in [0.25, 0.3) is 0 Å². The van der Waals surface area contributed by atoms with E-state index in [0.29, 0.717) is 11.1 Å². The molecule has 0 unspecified atom stereocenters. The fourth-order valence-corrected chi connectivity index (χ4v) is 0.678. The third-order valence-electron chi connectivity index (χ3n) is 1.17. The second-order valence-corrected chi connectivity index (χ2v) is 1.77. The average molecular weight is 148 g/mol. The molecular formula is C8H5FN2. The lowest BCUT2D eigenvalue weighted by atomic mass is 10.1. The van der Waals surface area contributed by atoms with Crippen LogP contribution in [0.2, 0.25) is 0 Å². The minimum absolute atomic E-state index is 0. The number of rotatable bonds is 0. The normalized spacial score (nSPS) is 7.09. The molecule has 0 heterocycles. The maximum atomic E-state index is 8.45. The molecule has 0 aliphatic carbocycles. The lowest BCUT2D eigenvalue weighted by Gasteiger charge is -1.88. The summed E-state index contributed by atoms with van der Waals surface area (Å²) in [6.07, 6.45) is 0. The molecule has 0 spiro atoms. The summed E-state index contributed by atoms with van der Waals surface area (Å²) in [5, 5.41) is 16.9. The van der Waals surface area contributed by atoms with Crippen LogP contribution in [-0.4, -0.2) is 0 Å². The van der Waals surface area contributed by atoms with E-state index in [9.17, 15) is 0 Å². The summed E-state index contributed by atoms with van der Waals surface area (Å²) in [6.45, 7) is 0. The van der Waals surface area contributed by atoms with Gasteiger partial charge in [0.2, 0.25) is 0 Å². The van der Waals surface area contributed by atoms with E-state index in [0.717, 1.165) is 0 Å². The van der Waals surface area contributed by atoms with E-state index in [-0.39, 0.29) is 4.70 Å². The van der Waals surface area contributed by atoms with Gasteiger partial charge in [-0.3, -0.25) is 4.70 Å². The molecule has 0 saturated carbocycles. The molecule has 0 N–H and O–H groups in total. The Balaban J connectivity index is 0.000001000. The first-order valence-corrected chi connectivity index (χ1v) is 2.77. The van der Waals surface area contributed by atoms with Crippen molar-refractivity contribution in [1.82, 2.24) is 0 Å². The number of benzene rings is 1. The minimum Gasteiger partial charge on any atom is -0.269 e. The highest BCUT2D eigenvalue weighted by Crippen LogP contribution is 2.03. The summed E-state index contributed by atoms with van der Waals surface area (Å²) in [5.41, 5.74) is 0.870. The van der Waals surface area contributed by atoms with E-state index < -0.39 is 0 Å². The number of nitrogens with zero attached hydrogens (tertiary/aromatic N) is 2. The molecular weight excluding hydrogens is 143 g/mol. The Labute approximate surface area is 63.7 Å². The van der Waals surface area contributed by atoms with Crippen molar-refractivity contribution in [3.8, 4) is 12.1 Å². The van der Waals surface area contributed by atoms with Crippen molar-refractivity contribution < 1.29 is 4.70 Å². The predicted octanol–water partition coefficient (Wildman–Crippen LogP) is 1.58. The summed E-state index contributed by atoms with van der Waals surface area (Å²) in [7, 11) is 0. The molecule has 1 rings (SSSR count). The maximum absolute atomic E-state index is 8.45. The van der Waals surface area contributed by atoms with Gasteiger partial charge < -0.3 is 0 Å². The average Bonchev–Trinajstić information content (AvgIpc) is 2.04. The quantitative estimate of drug-likeness (QED) is 0.560. The van der Waals surface area contributed by atoms with Crippen LogP contribution in [0.15, 0.2) is 24.3 Å². The molecule has 0 atom stereocenters. The zero-order valence-electron chi connectivity index (χ0n) is 5.61. The highest BCUT2D eigenvalue weighted by atomic mass is 19.0. The van der Waals surface area contributed by atoms with Crippen molar-refractivity contribution in [2.45, 2.75) is 0 Å². The van der Waals surface area contributed by atoms with E-state index in [1.54, 1.807) is 24.3 Å². The van der Waals surface area contributed by atoms with Gasteiger partial charge >= 0.3 is 0 Å². The topological polar surface area (TPSA) is 47.6 Å². The molecule has 0 fully saturated rings. The summed E-state index contributed by atoms with van der Waals surface area (Å²) >= 11 is 0. The fraction of sp³-hybridized carbons (Fsp3) is 0. The third kappa shape index (κ3) is 1.77. The molecule has 0 aliphatic heterocycles. The van der Waals surface area contributed by atoms with E-state index in [1.807, 2.05) is 12.1 Å². The van der Waals surface area contributed by atoms with Crippen molar-refractivity contribution in [2.75, 3.05) is 0 Å². The zero-order chi connectivity index (χ0) is 7.40. The summed E-state index contributed by atoms with van der Waals surface area (Å²) in [4.78, 5) is 0. The first-order chi connectivity index (χ1) is 4.88. The maximum Gasteiger partial charge on any atom is 0.101 e. The van der Waals surface area contributed by atoms with E-state index in [4.69, 9.17) is 10.5 Å². The Bertz CT molecular complexity index is 287. The smallest absolute Gasteiger partial charge is 0.101 e. The Morgan fingerprint density at radius 1 is 0.909 bits per heavy atom. The Hall–Kier alpha value is -1.87. The van der Waals surface area contributed by atoms with Crippen molar-refractivity contribution in [2.24, 2.45) is 0 Å². The van der Waals surface area contributed by atoms with E-state index >= 15 is 0 Å². The molecule has 0 saturated heterocycles. The standard InChI is InChI=1S/C8H4N2.FH/c9-5-7-3-1-2-4-8(7)6-10;/h1-4H;1H. The van der Waals surface area contributed by atoms with Crippen LogP contribution in [0, 0.1) is 22.7 Å². The van der Waals surface area contributed by atoms with Gasteiger partial charge in [0.15, 0.2) is 0 Å². The van der Waals surface area contributed by atoms with Crippen molar-refractivity contribution in [3.63, 3.8) is 0 Å². The molecule has 3 heteroatoms. The molecule has 11 heavy (non-hydrogen) atoms. The van der Waals surface area contributed by atoms with Gasteiger partial charge in [0, 0.05) is 0 Å². The van der Waals surface area contributed by atoms with Crippen LogP contribution in [0.25, 0.3) is 0 Å². The summed E-state index contributed by atoms with van der Waals surface area (Å²) < 4.78 is 0. The van der Waals surface area contributed by atoms with Gasteiger partial charge in [-0.2, -0.15) is 10.5 Å². The minimum atomic E-state index is 0. The Morgan fingerprint density at radius 2 is 1.27 bits per heavy atom. The van der Waals surface area contributed by atoms with Gasteiger partial charge in [-0.25, -0.2) is 0 Å². The molecule has 0 amide bonds. The number of halogens is 1. The monoisotopic (exact) mass is 148 g/mol. The van der Waals surface area contributed by atoms with Gasteiger partial charge in [-0.15, -0.1) is 0 Å². The Kier molecular flexibility index (Phi) is 3.34. The zero-order valence-corrected chi connectivity index (χ0v) is 5.61. The fourth-order valence-electron chi connectivity index (χ4n) is 0.678. The largest absolute Gasteiger partial charge is 0.269 e. The molecule has 0 radical (unpaired) electrons. The molecule has 0 aromatic heterocycles. The first kappa shape index (κ1) is 9.13. The van der Waals surface area contributed by atoms with E-state index in [1.165, 1.54) is 0 Å². The van der Waals surface area contributed by atoms with Gasteiger partial charge in [0.1, 0.15) is 12.1 Å². The van der Waals surface area contributed by atoms with Gasteiger partial charge in [-0.05, 0) is 12.1 Å². The molecule has 0 aliphatic rings. The molecule has 0 bridgehead atoms. The lowest BCUT2D eigenvalue weighted by molar-refractivity contribution is 1.11. The molecule has 54 valence electrons. The highest BCUT2D eigenvalue weighted by Gasteiger charge is 1.95. The van der Waals surface area contributed by atoms with Crippen LogP contribution in [0.5, 0.6) is 0 Å².